The molecule has 4 N–H and O–H groups in total. The molecule has 0 aliphatic carbocycles. The van der Waals surface area contributed by atoms with Crippen LogP contribution < -0.4 is 10.6 Å². The Morgan fingerprint density at radius 2 is 1.21 bits per heavy atom. The smallest absolute Gasteiger partial charge is 0.315 e. The molecule has 2 amide bonds. The lowest BCUT2D eigenvalue weighted by atomic mass is 10.2. The maximum Gasteiger partial charge on any atom is 0.315 e. The molecule has 0 saturated heterocycles. The molecular weight excluding hydrogens is 244 g/mol. The zero-order valence-corrected chi connectivity index (χ0v) is 10.3. The van der Waals surface area contributed by atoms with E-state index < -0.39 is 0 Å². The van der Waals surface area contributed by atoms with Gasteiger partial charge in [0.2, 0.25) is 0 Å². The van der Waals surface area contributed by atoms with Crippen molar-refractivity contribution in [3.8, 4) is 0 Å². The van der Waals surface area contributed by atoms with E-state index in [4.69, 9.17) is 0 Å². The molecule has 2 aromatic heterocycles. The highest BCUT2D eigenvalue weighted by molar-refractivity contribution is 5.73. The van der Waals surface area contributed by atoms with Gasteiger partial charge in [-0.05, 0) is 35.4 Å². The fraction of sp³-hybridized carbons (Fsp3) is 0.154. The third-order valence-electron chi connectivity index (χ3n) is 2.40. The van der Waals surface area contributed by atoms with E-state index in [0.717, 1.165) is 11.1 Å². The van der Waals surface area contributed by atoms with Crippen molar-refractivity contribution in [2.75, 3.05) is 0 Å². The van der Waals surface area contributed by atoms with E-state index in [1.165, 1.54) is 0 Å². The summed E-state index contributed by atoms with van der Waals surface area (Å²) in [6.45, 7) is 0.982. The summed E-state index contributed by atoms with van der Waals surface area (Å²) in [5.74, 6) is 0. The Bertz CT molecular complexity index is 445. The van der Waals surface area contributed by atoms with Gasteiger partial charge in [-0.3, -0.25) is 9.97 Å². The lowest BCUT2D eigenvalue weighted by Gasteiger charge is -2.07. The second kappa shape index (κ2) is 7.78. The van der Waals surface area contributed by atoms with Gasteiger partial charge in [0.1, 0.15) is 0 Å². The number of rotatable bonds is 4. The number of urea groups is 1. The normalized spacial score (nSPS) is 9.26. The molecule has 0 spiro atoms. The lowest BCUT2D eigenvalue weighted by Crippen LogP contribution is -2.34. The van der Waals surface area contributed by atoms with Crippen molar-refractivity contribution in [2.45, 2.75) is 13.1 Å². The van der Waals surface area contributed by atoms with Crippen LogP contribution in [0.5, 0.6) is 0 Å². The number of nitrogens with one attached hydrogen (secondary N) is 2. The van der Waals surface area contributed by atoms with Gasteiger partial charge in [0.15, 0.2) is 0 Å². The molecule has 0 bridgehead atoms. The molecule has 0 radical (unpaired) electrons. The Balaban J connectivity index is 0.00000180. The minimum atomic E-state index is -0.191. The van der Waals surface area contributed by atoms with Crippen LogP contribution in [0.15, 0.2) is 49.1 Å². The van der Waals surface area contributed by atoms with Crippen LogP contribution in [0.4, 0.5) is 4.79 Å². The van der Waals surface area contributed by atoms with Crippen molar-refractivity contribution in [1.82, 2.24) is 20.6 Å². The van der Waals surface area contributed by atoms with Crippen LogP contribution in [-0.4, -0.2) is 21.5 Å². The quantitative estimate of drug-likeness (QED) is 0.844. The molecule has 0 unspecified atom stereocenters. The van der Waals surface area contributed by atoms with E-state index in [-0.39, 0.29) is 11.5 Å². The van der Waals surface area contributed by atoms with E-state index in [2.05, 4.69) is 20.6 Å². The van der Waals surface area contributed by atoms with Crippen LogP contribution in [0.25, 0.3) is 0 Å². The van der Waals surface area contributed by atoms with Gasteiger partial charge in [-0.15, -0.1) is 0 Å². The van der Waals surface area contributed by atoms with Crippen molar-refractivity contribution >= 4 is 6.03 Å². The molecule has 0 saturated carbocycles. The summed E-state index contributed by atoms with van der Waals surface area (Å²) in [6.07, 6.45) is 6.80. The number of pyridine rings is 2. The van der Waals surface area contributed by atoms with Crippen LogP contribution in [0.1, 0.15) is 11.1 Å². The summed E-state index contributed by atoms with van der Waals surface area (Å²) in [5, 5.41) is 5.55. The maximum absolute atomic E-state index is 11.5. The van der Waals surface area contributed by atoms with Gasteiger partial charge in [-0.25, -0.2) is 4.79 Å². The Morgan fingerprint density at radius 3 is 1.58 bits per heavy atom. The molecule has 6 heteroatoms. The van der Waals surface area contributed by atoms with Crippen LogP contribution in [-0.2, 0) is 13.1 Å². The predicted molar refractivity (Wildman–Crippen MR) is 71.2 cm³/mol. The number of carbonyl (C=O) groups is 1. The topological polar surface area (TPSA) is 98.4 Å². The molecule has 2 aromatic rings. The van der Waals surface area contributed by atoms with Crippen LogP contribution in [0, 0.1) is 0 Å². The minimum absolute atomic E-state index is 0. The molecule has 2 heterocycles. The Morgan fingerprint density at radius 1 is 0.842 bits per heavy atom. The average Bonchev–Trinajstić information content (AvgIpc) is 2.45. The molecule has 0 atom stereocenters. The molecule has 100 valence electrons. The standard InChI is InChI=1S/C13H14N4O.H2O/c18-13(16-9-11-1-5-14-6-2-11)17-10-12-3-7-15-8-4-12;/h1-8H,9-10H2,(H2,16,17,18);1H2. The third-order valence-corrected chi connectivity index (χ3v) is 2.40. The first kappa shape index (κ1) is 14.6. The average molecular weight is 260 g/mol. The SMILES string of the molecule is O.O=C(NCc1ccncc1)NCc1ccncc1. The molecule has 0 aromatic carbocycles. The lowest BCUT2D eigenvalue weighted by molar-refractivity contribution is 0.240. The minimum Gasteiger partial charge on any atom is -0.412 e. The van der Waals surface area contributed by atoms with E-state index in [1.54, 1.807) is 24.8 Å². The van der Waals surface area contributed by atoms with Gasteiger partial charge >= 0.3 is 6.03 Å². The van der Waals surface area contributed by atoms with E-state index >= 15 is 0 Å². The van der Waals surface area contributed by atoms with Gasteiger partial charge in [0.25, 0.3) is 0 Å². The van der Waals surface area contributed by atoms with Crippen molar-refractivity contribution in [2.24, 2.45) is 0 Å². The van der Waals surface area contributed by atoms with Gasteiger partial charge in [-0.2, -0.15) is 0 Å². The summed E-state index contributed by atoms with van der Waals surface area (Å²) in [4.78, 5) is 19.4. The monoisotopic (exact) mass is 260 g/mol. The van der Waals surface area contributed by atoms with Gasteiger partial charge < -0.3 is 16.1 Å². The summed E-state index contributed by atoms with van der Waals surface area (Å²) < 4.78 is 0. The second-order valence-electron chi connectivity index (χ2n) is 3.75. The number of hydrogen-bond donors (Lipinski definition) is 2. The second-order valence-corrected chi connectivity index (χ2v) is 3.75. The molecular formula is C13H16N4O2. The first-order valence-electron chi connectivity index (χ1n) is 5.64. The van der Waals surface area contributed by atoms with E-state index in [9.17, 15) is 4.79 Å². The highest BCUT2D eigenvalue weighted by Crippen LogP contribution is 1.96. The maximum atomic E-state index is 11.5. The van der Waals surface area contributed by atoms with Crippen LogP contribution in [0.2, 0.25) is 0 Å². The number of carbonyl (C=O) groups excluding carboxylic acids is 1. The summed E-state index contributed by atoms with van der Waals surface area (Å²) in [6, 6.07) is 7.27. The fourth-order valence-electron chi connectivity index (χ4n) is 1.43. The third kappa shape index (κ3) is 5.13. The number of hydrogen-bond acceptors (Lipinski definition) is 3. The highest BCUT2D eigenvalue weighted by Gasteiger charge is 2.00. The van der Waals surface area contributed by atoms with E-state index in [1.807, 2.05) is 24.3 Å². The zero-order chi connectivity index (χ0) is 12.6. The molecule has 19 heavy (non-hydrogen) atoms. The molecule has 6 nitrogen and oxygen atoms in total. The first-order chi connectivity index (χ1) is 8.84. The van der Waals surface area contributed by atoms with Gasteiger partial charge in [0, 0.05) is 37.9 Å². The Labute approximate surface area is 111 Å². The first-order valence-corrected chi connectivity index (χ1v) is 5.64. The molecule has 0 fully saturated rings. The van der Waals surface area contributed by atoms with E-state index in [0.29, 0.717) is 13.1 Å². The van der Waals surface area contributed by atoms with Crippen LogP contribution >= 0.6 is 0 Å². The van der Waals surface area contributed by atoms with Crippen molar-refractivity contribution in [3.05, 3.63) is 60.2 Å². The van der Waals surface area contributed by atoms with Crippen molar-refractivity contribution in [1.29, 1.82) is 0 Å². The van der Waals surface area contributed by atoms with Gasteiger partial charge in [0.05, 0.1) is 0 Å². The highest BCUT2D eigenvalue weighted by atomic mass is 16.2. The van der Waals surface area contributed by atoms with Gasteiger partial charge in [-0.1, -0.05) is 0 Å². The molecule has 0 aliphatic heterocycles. The summed E-state index contributed by atoms with van der Waals surface area (Å²) >= 11 is 0. The van der Waals surface area contributed by atoms with Crippen molar-refractivity contribution < 1.29 is 10.3 Å². The number of amides is 2. The number of aromatic nitrogens is 2. The molecule has 2 rings (SSSR count). The summed E-state index contributed by atoms with van der Waals surface area (Å²) in [7, 11) is 0. The summed E-state index contributed by atoms with van der Waals surface area (Å²) in [5.41, 5.74) is 2.04. The number of nitrogens with zero attached hydrogens (tertiary/aromatic N) is 2. The molecule has 0 aliphatic rings. The Hall–Kier alpha value is -2.47. The largest absolute Gasteiger partial charge is 0.412 e. The van der Waals surface area contributed by atoms with Crippen molar-refractivity contribution in [3.63, 3.8) is 0 Å². The van der Waals surface area contributed by atoms with Crippen LogP contribution in [0.3, 0.4) is 0 Å². The Kier molecular flexibility index (Phi) is 5.97. The zero-order valence-electron chi connectivity index (χ0n) is 10.3. The fourth-order valence-corrected chi connectivity index (χ4v) is 1.43. The predicted octanol–water partition coefficient (Wildman–Crippen LogP) is 0.651.